The van der Waals surface area contributed by atoms with Crippen LogP contribution in [0.25, 0.3) is 0 Å². The predicted octanol–water partition coefficient (Wildman–Crippen LogP) is 4.61. The van der Waals surface area contributed by atoms with Crippen molar-refractivity contribution in [2.24, 2.45) is 5.92 Å². The van der Waals surface area contributed by atoms with Crippen LogP contribution < -0.4 is 0 Å². The molecule has 4 heteroatoms. The van der Waals surface area contributed by atoms with E-state index in [0.717, 1.165) is 6.42 Å². The quantitative estimate of drug-likeness (QED) is 0.492. The van der Waals surface area contributed by atoms with E-state index in [-0.39, 0.29) is 0 Å². The summed E-state index contributed by atoms with van der Waals surface area (Å²) in [6.45, 7) is 2.20. The van der Waals surface area contributed by atoms with Gasteiger partial charge in [-0.25, -0.2) is 0 Å². The highest BCUT2D eigenvalue weighted by Gasteiger charge is 2.41. The molecule has 0 radical (unpaired) electrons. The van der Waals surface area contributed by atoms with Crippen LogP contribution in [-0.2, 0) is 0 Å². The van der Waals surface area contributed by atoms with E-state index in [9.17, 15) is 0 Å². The summed E-state index contributed by atoms with van der Waals surface area (Å²) in [4.78, 5) is 0. The minimum atomic E-state index is -2.42. The highest BCUT2D eigenvalue weighted by Crippen LogP contribution is 2.48. The molecule has 12 heavy (non-hydrogen) atoms. The third-order valence-electron chi connectivity index (χ3n) is 2.85. The van der Waals surface area contributed by atoms with Gasteiger partial charge in [-0.3, -0.25) is 0 Å². The highest BCUT2D eigenvalue weighted by atomic mass is 35.8. The van der Waals surface area contributed by atoms with Crippen molar-refractivity contribution in [3.63, 3.8) is 0 Å². The summed E-state index contributed by atoms with van der Waals surface area (Å²) < 4.78 is 0. The van der Waals surface area contributed by atoms with E-state index in [1.165, 1.54) is 25.7 Å². The van der Waals surface area contributed by atoms with Crippen LogP contribution in [-0.4, -0.2) is 6.00 Å². The van der Waals surface area contributed by atoms with Crippen LogP contribution in [0.4, 0.5) is 0 Å². The second kappa shape index (κ2) is 4.54. The third-order valence-corrected chi connectivity index (χ3v) is 6.98. The first-order chi connectivity index (χ1) is 5.55. The van der Waals surface area contributed by atoms with Gasteiger partial charge in [0.05, 0.1) is 0 Å². The monoisotopic (exact) mass is 244 g/mol. The van der Waals surface area contributed by atoms with Crippen molar-refractivity contribution in [2.45, 2.75) is 44.6 Å². The van der Waals surface area contributed by atoms with Gasteiger partial charge in [0.1, 0.15) is 0 Å². The van der Waals surface area contributed by atoms with Gasteiger partial charge >= 0.3 is 6.00 Å². The summed E-state index contributed by atoms with van der Waals surface area (Å²) in [5.74, 6) is 0.679. The van der Waals surface area contributed by atoms with Crippen LogP contribution in [0.15, 0.2) is 0 Å². The Morgan fingerprint density at radius 1 is 1.17 bits per heavy atom. The smallest absolute Gasteiger partial charge is 0.126 e. The van der Waals surface area contributed by atoms with E-state index in [1.54, 1.807) is 0 Å². The summed E-state index contributed by atoms with van der Waals surface area (Å²) in [6.07, 6.45) is 6.15. The molecule has 2 atom stereocenters. The maximum atomic E-state index is 6.06. The molecule has 1 aliphatic rings. The minimum absolute atomic E-state index is 0.418. The maximum Gasteiger partial charge on any atom is 0.344 e. The normalized spacial score (nSPS) is 32.0. The maximum absolute atomic E-state index is 6.06. The predicted molar refractivity (Wildman–Crippen MR) is 59.3 cm³/mol. The Bertz CT molecular complexity index is 144. The van der Waals surface area contributed by atoms with Crippen molar-refractivity contribution in [2.75, 3.05) is 0 Å². The van der Waals surface area contributed by atoms with Crippen molar-refractivity contribution in [1.82, 2.24) is 0 Å². The molecule has 1 saturated carbocycles. The van der Waals surface area contributed by atoms with Crippen molar-refractivity contribution >= 4 is 39.2 Å². The van der Waals surface area contributed by atoms with Crippen molar-refractivity contribution in [1.29, 1.82) is 0 Å². The van der Waals surface area contributed by atoms with Crippen LogP contribution in [0.3, 0.4) is 0 Å². The molecule has 0 N–H and O–H groups in total. The Morgan fingerprint density at radius 2 is 1.75 bits per heavy atom. The van der Waals surface area contributed by atoms with E-state index in [0.29, 0.717) is 11.5 Å². The van der Waals surface area contributed by atoms with Crippen LogP contribution in [0.5, 0.6) is 0 Å². The fourth-order valence-electron chi connectivity index (χ4n) is 2.13. The van der Waals surface area contributed by atoms with Gasteiger partial charge in [0.15, 0.2) is 0 Å². The van der Waals surface area contributed by atoms with Gasteiger partial charge in [0.25, 0.3) is 0 Å². The largest absolute Gasteiger partial charge is 0.344 e. The first-order valence-electron chi connectivity index (χ1n) is 4.62. The molecule has 2 unspecified atom stereocenters. The summed E-state index contributed by atoms with van der Waals surface area (Å²) in [7, 11) is 0. The lowest BCUT2D eigenvalue weighted by Gasteiger charge is -2.34. The van der Waals surface area contributed by atoms with Crippen molar-refractivity contribution < 1.29 is 0 Å². The molecule has 0 amide bonds. The topological polar surface area (TPSA) is 0 Å². The molecule has 1 rings (SSSR count). The molecular weight excluding hydrogens is 231 g/mol. The van der Waals surface area contributed by atoms with Gasteiger partial charge in [0, 0.05) is 0 Å². The zero-order valence-corrected chi connectivity index (χ0v) is 10.6. The Morgan fingerprint density at radius 3 is 2.17 bits per heavy atom. The van der Waals surface area contributed by atoms with Crippen LogP contribution in [0.1, 0.15) is 39.0 Å². The van der Waals surface area contributed by atoms with Gasteiger partial charge < -0.3 is 0 Å². The lowest BCUT2D eigenvalue weighted by atomic mass is 9.87. The number of hydrogen-bond acceptors (Lipinski definition) is 0. The number of hydrogen-bond donors (Lipinski definition) is 0. The van der Waals surface area contributed by atoms with E-state index in [1.807, 2.05) is 0 Å². The zero-order valence-electron chi connectivity index (χ0n) is 7.32. The number of rotatable bonds is 2. The molecular formula is C8H15Cl3Si. The van der Waals surface area contributed by atoms with E-state index in [2.05, 4.69) is 6.92 Å². The summed E-state index contributed by atoms with van der Waals surface area (Å²) in [5, 5.41) is 0. The van der Waals surface area contributed by atoms with Gasteiger partial charge in [-0.05, 0) is 17.9 Å². The fraction of sp³-hybridized carbons (Fsp3) is 1.00. The Hall–Kier alpha value is 1.09. The molecule has 0 heterocycles. The standard InChI is InChI=1S/C8H15Cl3Si/c1-2-7-5-3-4-6-8(7)12(9,10)11/h7-8H,2-6H2,1H3. The zero-order chi connectivity index (χ0) is 9.19. The first kappa shape index (κ1) is 11.2. The molecule has 0 aromatic carbocycles. The molecule has 1 aliphatic carbocycles. The van der Waals surface area contributed by atoms with Gasteiger partial charge in [-0.2, -0.15) is 0 Å². The van der Waals surface area contributed by atoms with Gasteiger partial charge in [0.2, 0.25) is 0 Å². The second-order valence-electron chi connectivity index (χ2n) is 3.60. The summed E-state index contributed by atoms with van der Waals surface area (Å²) in [6, 6.07) is -2.42. The summed E-state index contributed by atoms with van der Waals surface area (Å²) in [5.41, 5.74) is 0.418. The summed E-state index contributed by atoms with van der Waals surface area (Å²) >= 11 is 18.2. The highest BCUT2D eigenvalue weighted by molar-refractivity contribution is 7.65. The minimum Gasteiger partial charge on any atom is -0.126 e. The Labute approximate surface area is 89.7 Å². The average Bonchev–Trinajstić information content (AvgIpc) is 2.03. The molecule has 0 aromatic rings. The Balaban J connectivity index is 2.59. The first-order valence-corrected chi connectivity index (χ1v) is 9.73. The van der Waals surface area contributed by atoms with E-state index < -0.39 is 6.00 Å². The SMILES string of the molecule is CCC1CCCCC1[Si](Cl)(Cl)Cl. The molecule has 0 aliphatic heterocycles. The van der Waals surface area contributed by atoms with Crippen LogP contribution >= 0.6 is 33.2 Å². The van der Waals surface area contributed by atoms with E-state index in [4.69, 9.17) is 33.2 Å². The van der Waals surface area contributed by atoms with Crippen LogP contribution in [0, 0.1) is 5.92 Å². The third kappa shape index (κ3) is 2.80. The second-order valence-corrected chi connectivity index (χ2v) is 12.5. The molecule has 0 aromatic heterocycles. The molecule has 0 nitrogen and oxygen atoms in total. The number of halogens is 3. The van der Waals surface area contributed by atoms with Crippen molar-refractivity contribution in [3.05, 3.63) is 0 Å². The fourth-order valence-corrected chi connectivity index (χ4v) is 6.18. The van der Waals surface area contributed by atoms with Crippen molar-refractivity contribution in [3.8, 4) is 0 Å². The van der Waals surface area contributed by atoms with Gasteiger partial charge in [-0.15, -0.1) is 33.2 Å². The van der Waals surface area contributed by atoms with E-state index >= 15 is 0 Å². The lowest BCUT2D eigenvalue weighted by molar-refractivity contribution is 0.347. The van der Waals surface area contributed by atoms with Crippen LogP contribution in [0.2, 0.25) is 5.54 Å². The van der Waals surface area contributed by atoms with Gasteiger partial charge in [-0.1, -0.05) is 32.6 Å². The average molecular weight is 246 g/mol. The molecule has 1 fully saturated rings. The Kier molecular flexibility index (Phi) is 4.22. The molecule has 0 spiro atoms. The molecule has 72 valence electrons. The molecule has 0 bridgehead atoms. The lowest BCUT2D eigenvalue weighted by Crippen LogP contribution is -2.29. The molecule has 0 saturated heterocycles.